The van der Waals surface area contributed by atoms with E-state index in [9.17, 15) is 9.59 Å². The van der Waals surface area contributed by atoms with E-state index in [0.717, 1.165) is 16.7 Å². The Balaban J connectivity index is 2.82. The Morgan fingerprint density at radius 1 is 1.40 bits per heavy atom. The van der Waals surface area contributed by atoms with Crippen LogP contribution in [-0.2, 0) is 9.53 Å². The maximum atomic E-state index is 11.4. The van der Waals surface area contributed by atoms with Gasteiger partial charge in [0.25, 0.3) is 0 Å². The molecule has 0 atom stereocenters. The highest BCUT2D eigenvalue weighted by atomic mass is 32.2. The van der Waals surface area contributed by atoms with Gasteiger partial charge in [0.1, 0.15) is 0 Å². The van der Waals surface area contributed by atoms with Gasteiger partial charge in [-0.3, -0.25) is 4.79 Å². The predicted molar refractivity (Wildman–Crippen MR) is 58.9 cm³/mol. The van der Waals surface area contributed by atoms with E-state index >= 15 is 0 Å². The lowest BCUT2D eigenvalue weighted by molar-refractivity contribution is -0.109. The number of carbonyl (C=O) groups excluding carboxylic acids is 2. The Labute approximate surface area is 92.8 Å². The number of carbonyl (C=O) groups is 2. The van der Waals surface area contributed by atoms with E-state index in [4.69, 9.17) is 4.74 Å². The molecule has 0 aliphatic rings. The van der Waals surface area contributed by atoms with Gasteiger partial charge in [-0.25, -0.2) is 4.79 Å². The maximum Gasteiger partial charge on any atom is 0.338 e. The Bertz CT molecular complexity index is 374. The monoisotopic (exact) mass is 224 g/mol. The van der Waals surface area contributed by atoms with Crippen molar-refractivity contribution in [1.29, 1.82) is 0 Å². The summed E-state index contributed by atoms with van der Waals surface area (Å²) in [6.07, 6.45) is 0. The number of rotatable bonds is 3. The number of hydrogen-bond acceptors (Lipinski definition) is 4. The molecule has 0 aromatic heterocycles. The topological polar surface area (TPSA) is 43.4 Å². The van der Waals surface area contributed by atoms with Gasteiger partial charge in [0.05, 0.1) is 12.2 Å². The Morgan fingerprint density at radius 2 is 2.13 bits per heavy atom. The summed E-state index contributed by atoms with van der Waals surface area (Å²) in [6, 6.07) is 6.85. The van der Waals surface area contributed by atoms with Crippen molar-refractivity contribution in [3.05, 3.63) is 29.8 Å². The summed E-state index contributed by atoms with van der Waals surface area (Å²) in [5.74, 6) is -0.358. The first-order valence-corrected chi connectivity index (χ1v) is 5.40. The molecule has 80 valence electrons. The second-order valence-corrected chi connectivity index (χ2v) is 4.09. The van der Waals surface area contributed by atoms with Crippen molar-refractivity contribution in [3.63, 3.8) is 0 Å². The predicted octanol–water partition coefficient (Wildman–Crippen LogP) is 2.50. The number of esters is 1. The molecule has 0 radical (unpaired) electrons. The van der Waals surface area contributed by atoms with E-state index in [0.29, 0.717) is 12.2 Å². The van der Waals surface area contributed by atoms with E-state index < -0.39 is 0 Å². The van der Waals surface area contributed by atoms with Crippen molar-refractivity contribution in [2.45, 2.75) is 18.7 Å². The van der Waals surface area contributed by atoms with Crippen LogP contribution in [-0.4, -0.2) is 17.7 Å². The Hall–Kier alpha value is -1.29. The van der Waals surface area contributed by atoms with Crippen LogP contribution in [0.2, 0.25) is 0 Å². The van der Waals surface area contributed by atoms with E-state index in [-0.39, 0.29) is 11.1 Å². The first-order valence-electron chi connectivity index (χ1n) is 4.59. The molecule has 15 heavy (non-hydrogen) atoms. The summed E-state index contributed by atoms with van der Waals surface area (Å²) in [7, 11) is 0. The average Bonchev–Trinajstić information content (AvgIpc) is 2.17. The summed E-state index contributed by atoms with van der Waals surface area (Å²) in [4.78, 5) is 23.0. The third-order valence-corrected chi connectivity index (χ3v) is 2.38. The second-order valence-electron chi connectivity index (χ2n) is 2.84. The minimum absolute atomic E-state index is 0.00370. The van der Waals surface area contributed by atoms with Gasteiger partial charge >= 0.3 is 5.97 Å². The maximum absolute atomic E-state index is 11.4. The molecule has 0 unspecified atom stereocenters. The van der Waals surface area contributed by atoms with E-state index in [1.54, 1.807) is 31.2 Å². The molecule has 0 saturated carbocycles. The molecule has 1 aromatic rings. The van der Waals surface area contributed by atoms with Gasteiger partial charge in [-0.05, 0) is 25.1 Å². The van der Waals surface area contributed by atoms with Crippen LogP contribution >= 0.6 is 11.8 Å². The van der Waals surface area contributed by atoms with Crippen molar-refractivity contribution in [3.8, 4) is 0 Å². The minimum Gasteiger partial charge on any atom is -0.462 e. The largest absolute Gasteiger partial charge is 0.462 e. The minimum atomic E-state index is -0.358. The molecule has 0 N–H and O–H groups in total. The zero-order valence-corrected chi connectivity index (χ0v) is 9.47. The first-order chi connectivity index (χ1) is 7.13. The third kappa shape index (κ3) is 3.75. The normalized spacial score (nSPS) is 9.73. The zero-order chi connectivity index (χ0) is 11.3. The molecule has 1 rings (SSSR count). The molecule has 0 bridgehead atoms. The van der Waals surface area contributed by atoms with Gasteiger partial charge in [-0.15, -0.1) is 0 Å². The molecule has 0 saturated heterocycles. The Morgan fingerprint density at radius 3 is 2.73 bits per heavy atom. The molecule has 4 heteroatoms. The summed E-state index contributed by atoms with van der Waals surface area (Å²) in [6.45, 7) is 3.59. The molecule has 0 heterocycles. The molecule has 3 nitrogen and oxygen atoms in total. The molecular formula is C11H12O3S. The van der Waals surface area contributed by atoms with Crippen LogP contribution in [0.25, 0.3) is 0 Å². The molecule has 0 fully saturated rings. The molecular weight excluding hydrogens is 212 g/mol. The van der Waals surface area contributed by atoms with Crippen LogP contribution in [0, 0.1) is 0 Å². The number of ether oxygens (including phenoxy) is 1. The standard InChI is InChI=1S/C11H12O3S/c1-3-14-11(13)9-5-4-6-10(7-9)15-8(2)12/h4-7H,3H2,1-2H3. The highest BCUT2D eigenvalue weighted by Gasteiger charge is 2.07. The molecule has 0 spiro atoms. The number of thioether (sulfide) groups is 1. The number of benzene rings is 1. The van der Waals surface area contributed by atoms with E-state index in [1.807, 2.05) is 0 Å². The summed E-state index contributed by atoms with van der Waals surface area (Å²) >= 11 is 1.10. The van der Waals surface area contributed by atoms with Gasteiger partial charge in [0.15, 0.2) is 5.12 Å². The van der Waals surface area contributed by atoms with Crippen molar-refractivity contribution >= 4 is 22.8 Å². The lowest BCUT2D eigenvalue weighted by Crippen LogP contribution is -2.04. The van der Waals surface area contributed by atoms with Crippen LogP contribution < -0.4 is 0 Å². The SMILES string of the molecule is CCOC(=O)c1cccc(SC(C)=O)c1. The fraction of sp³-hybridized carbons (Fsp3) is 0.273. The zero-order valence-electron chi connectivity index (χ0n) is 8.65. The second kappa shape index (κ2) is 5.56. The van der Waals surface area contributed by atoms with E-state index in [2.05, 4.69) is 0 Å². The molecule has 1 aromatic carbocycles. The molecule has 0 amide bonds. The van der Waals surface area contributed by atoms with Gasteiger partial charge in [-0.2, -0.15) is 0 Å². The summed E-state index contributed by atoms with van der Waals surface area (Å²) in [5.41, 5.74) is 0.475. The van der Waals surface area contributed by atoms with Crippen LogP contribution in [0.4, 0.5) is 0 Å². The van der Waals surface area contributed by atoms with Crippen LogP contribution in [0.5, 0.6) is 0 Å². The summed E-state index contributed by atoms with van der Waals surface area (Å²) in [5, 5.41) is -0.00370. The van der Waals surface area contributed by atoms with Crippen molar-refractivity contribution in [1.82, 2.24) is 0 Å². The summed E-state index contributed by atoms with van der Waals surface area (Å²) < 4.78 is 4.85. The van der Waals surface area contributed by atoms with Crippen LogP contribution in [0.1, 0.15) is 24.2 Å². The highest BCUT2D eigenvalue weighted by Crippen LogP contribution is 2.19. The van der Waals surface area contributed by atoms with Crippen molar-refractivity contribution < 1.29 is 14.3 Å². The first kappa shape index (κ1) is 11.8. The molecule has 0 aliphatic heterocycles. The van der Waals surface area contributed by atoms with Crippen LogP contribution in [0.15, 0.2) is 29.2 Å². The van der Waals surface area contributed by atoms with Crippen molar-refractivity contribution in [2.75, 3.05) is 6.61 Å². The average molecular weight is 224 g/mol. The lowest BCUT2D eigenvalue weighted by Gasteiger charge is -2.03. The quantitative estimate of drug-likeness (QED) is 0.584. The van der Waals surface area contributed by atoms with Crippen LogP contribution in [0.3, 0.4) is 0 Å². The van der Waals surface area contributed by atoms with Gasteiger partial charge in [0.2, 0.25) is 0 Å². The van der Waals surface area contributed by atoms with Gasteiger partial charge in [0, 0.05) is 11.8 Å². The van der Waals surface area contributed by atoms with Crippen molar-refractivity contribution in [2.24, 2.45) is 0 Å². The van der Waals surface area contributed by atoms with Gasteiger partial charge in [-0.1, -0.05) is 17.8 Å². The molecule has 0 aliphatic carbocycles. The number of hydrogen-bond donors (Lipinski definition) is 0. The Kier molecular flexibility index (Phi) is 4.37. The van der Waals surface area contributed by atoms with E-state index in [1.165, 1.54) is 6.92 Å². The smallest absolute Gasteiger partial charge is 0.338 e. The fourth-order valence-corrected chi connectivity index (χ4v) is 1.73. The lowest BCUT2D eigenvalue weighted by atomic mass is 10.2. The fourth-order valence-electron chi connectivity index (χ4n) is 1.07. The third-order valence-electron chi connectivity index (χ3n) is 1.61. The highest BCUT2D eigenvalue weighted by molar-refractivity contribution is 8.13. The van der Waals surface area contributed by atoms with Gasteiger partial charge < -0.3 is 4.74 Å².